The molecule has 1 aromatic carbocycles. The molecule has 0 aliphatic rings. The first-order valence-electron chi connectivity index (χ1n) is 7.66. The van der Waals surface area contributed by atoms with E-state index in [0.717, 1.165) is 5.75 Å². The van der Waals surface area contributed by atoms with Gasteiger partial charge in [0.05, 0.1) is 13.0 Å². The molecule has 5 heteroatoms. The smallest absolute Gasteiger partial charge is 0.305 e. The molecular formula is C17H25NO4. The van der Waals surface area contributed by atoms with Gasteiger partial charge < -0.3 is 14.7 Å². The number of ether oxygens (including phenoxy) is 1. The molecule has 1 amide bonds. The number of carbonyl (C=O) groups is 2. The lowest BCUT2D eigenvalue weighted by atomic mass is 10.2. The van der Waals surface area contributed by atoms with Crippen molar-refractivity contribution in [3.8, 4) is 5.75 Å². The molecule has 0 bridgehead atoms. The average molecular weight is 307 g/mol. The fourth-order valence-electron chi connectivity index (χ4n) is 2.08. The predicted molar refractivity (Wildman–Crippen MR) is 84.8 cm³/mol. The quantitative estimate of drug-likeness (QED) is 0.675. The summed E-state index contributed by atoms with van der Waals surface area (Å²) in [7, 11) is 0. The van der Waals surface area contributed by atoms with Gasteiger partial charge >= 0.3 is 5.97 Å². The summed E-state index contributed by atoms with van der Waals surface area (Å²) in [5.74, 6) is 0.221. The highest BCUT2D eigenvalue weighted by Gasteiger charge is 2.15. The summed E-state index contributed by atoms with van der Waals surface area (Å²) in [5.41, 5.74) is 0. The first-order valence-corrected chi connectivity index (χ1v) is 7.66. The van der Waals surface area contributed by atoms with E-state index in [0.29, 0.717) is 31.9 Å². The molecule has 1 aromatic rings. The van der Waals surface area contributed by atoms with Crippen LogP contribution in [0.2, 0.25) is 0 Å². The van der Waals surface area contributed by atoms with E-state index < -0.39 is 5.97 Å². The zero-order valence-electron chi connectivity index (χ0n) is 13.3. The van der Waals surface area contributed by atoms with E-state index in [2.05, 4.69) is 0 Å². The van der Waals surface area contributed by atoms with Gasteiger partial charge in [-0.05, 0) is 24.5 Å². The standard InChI is InChI=1S/C17H25NO4/c1-14(2)13-18(11-10-17(20)21)16(19)9-6-12-22-15-7-4-3-5-8-15/h3-5,7-8,14H,6,9-13H2,1-2H3,(H,20,21). The molecule has 1 rings (SSSR count). The number of benzene rings is 1. The molecule has 0 saturated carbocycles. The number of nitrogens with zero attached hydrogens (tertiary/aromatic N) is 1. The second kappa shape index (κ2) is 9.82. The Morgan fingerprint density at radius 2 is 1.86 bits per heavy atom. The van der Waals surface area contributed by atoms with Gasteiger partial charge in [0.25, 0.3) is 0 Å². The number of carboxylic acids is 1. The van der Waals surface area contributed by atoms with Crippen LogP contribution < -0.4 is 4.74 Å². The molecule has 0 spiro atoms. The van der Waals surface area contributed by atoms with Crippen molar-refractivity contribution in [2.75, 3.05) is 19.7 Å². The molecule has 0 heterocycles. The highest BCUT2D eigenvalue weighted by atomic mass is 16.5. The molecule has 0 atom stereocenters. The summed E-state index contributed by atoms with van der Waals surface area (Å²) in [6.07, 6.45) is 0.980. The van der Waals surface area contributed by atoms with Gasteiger partial charge in [0.15, 0.2) is 0 Å². The Morgan fingerprint density at radius 3 is 2.45 bits per heavy atom. The van der Waals surface area contributed by atoms with Gasteiger partial charge in [-0.2, -0.15) is 0 Å². The molecule has 122 valence electrons. The molecule has 0 aliphatic carbocycles. The lowest BCUT2D eigenvalue weighted by Crippen LogP contribution is -2.36. The van der Waals surface area contributed by atoms with Crippen LogP contribution >= 0.6 is 0 Å². The van der Waals surface area contributed by atoms with E-state index >= 15 is 0 Å². The number of hydrogen-bond acceptors (Lipinski definition) is 3. The third-order valence-corrected chi connectivity index (χ3v) is 3.08. The second-order valence-electron chi connectivity index (χ2n) is 5.64. The summed E-state index contributed by atoms with van der Waals surface area (Å²) in [6.45, 7) is 5.36. The van der Waals surface area contributed by atoms with Crippen molar-refractivity contribution in [3.05, 3.63) is 30.3 Å². The van der Waals surface area contributed by atoms with Crippen molar-refractivity contribution in [2.24, 2.45) is 5.92 Å². The van der Waals surface area contributed by atoms with Crippen molar-refractivity contribution in [2.45, 2.75) is 33.1 Å². The Bertz CT molecular complexity index is 459. The zero-order valence-corrected chi connectivity index (χ0v) is 13.3. The topological polar surface area (TPSA) is 66.8 Å². The minimum atomic E-state index is -0.881. The van der Waals surface area contributed by atoms with Crippen LogP contribution in [-0.4, -0.2) is 41.6 Å². The molecule has 0 radical (unpaired) electrons. The van der Waals surface area contributed by atoms with E-state index in [1.54, 1.807) is 4.90 Å². The summed E-state index contributed by atoms with van der Waals surface area (Å²) < 4.78 is 5.55. The van der Waals surface area contributed by atoms with Crippen LogP contribution in [0.1, 0.15) is 33.1 Å². The monoisotopic (exact) mass is 307 g/mol. The molecule has 0 aliphatic heterocycles. The van der Waals surface area contributed by atoms with Gasteiger partial charge in [-0.25, -0.2) is 0 Å². The number of aliphatic carboxylic acids is 1. The third-order valence-electron chi connectivity index (χ3n) is 3.08. The van der Waals surface area contributed by atoms with Crippen molar-refractivity contribution in [1.29, 1.82) is 0 Å². The lowest BCUT2D eigenvalue weighted by molar-refractivity contribution is -0.138. The fourth-order valence-corrected chi connectivity index (χ4v) is 2.08. The number of carboxylic acid groups (broad SMARTS) is 1. The summed E-state index contributed by atoms with van der Waals surface area (Å²) in [6, 6.07) is 9.47. The van der Waals surface area contributed by atoms with Crippen molar-refractivity contribution < 1.29 is 19.4 Å². The van der Waals surface area contributed by atoms with Gasteiger partial charge in [-0.1, -0.05) is 32.0 Å². The maximum absolute atomic E-state index is 12.2. The Hall–Kier alpha value is -2.04. The highest BCUT2D eigenvalue weighted by Crippen LogP contribution is 2.10. The average Bonchev–Trinajstić information content (AvgIpc) is 2.48. The first kappa shape index (κ1) is 18.0. The molecule has 0 saturated heterocycles. The maximum Gasteiger partial charge on any atom is 0.305 e. The van der Waals surface area contributed by atoms with Crippen molar-refractivity contribution >= 4 is 11.9 Å². The van der Waals surface area contributed by atoms with Gasteiger partial charge in [-0.15, -0.1) is 0 Å². The van der Waals surface area contributed by atoms with E-state index in [-0.39, 0.29) is 18.9 Å². The normalized spacial score (nSPS) is 10.5. The first-order chi connectivity index (χ1) is 10.5. The Balaban J connectivity index is 2.33. The molecule has 0 aromatic heterocycles. The number of carbonyl (C=O) groups excluding carboxylic acids is 1. The molecular weight excluding hydrogens is 282 g/mol. The minimum absolute atomic E-state index is 0.00777. The summed E-state index contributed by atoms with van der Waals surface area (Å²) in [5, 5.41) is 8.76. The zero-order chi connectivity index (χ0) is 16.4. The van der Waals surface area contributed by atoms with Crippen LogP contribution in [0.15, 0.2) is 30.3 Å². The summed E-state index contributed by atoms with van der Waals surface area (Å²) in [4.78, 5) is 24.5. The van der Waals surface area contributed by atoms with Gasteiger partial charge in [0.1, 0.15) is 5.75 Å². The number of rotatable bonds is 10. The van der Waals surface area contributed by atoms with E-state index in [1.807, 2.05) is 44.2 Å². The van der Waals surface area contributed by atoms with Gasteiger partial charge in [0.2, 0.25) is 5.91 Å². The molecule has 0 fully saturated rings. The lowest BCUT2D eigenvalue weighted by Gasteiger charge is -2.24. The van der Waals surface area contributed by atoms with Gasteiger partial charge in [-0.3, -0.25) is 9.59 Å². The maximum atomic E-state index is 12.2. The molecule has 1 N–H and O–H groups in total. The molecule has 5 nitrogen and oxygen atoms in total. The SMILES string of the molecule is CC(C)CN(CCC(=O)O)C(=O)CCCOc1ccccc1. The predicted octanol–water partition coefficient (Wildman–Crippen LogP) is 2.80. The van der Waals surface area contributed by atoms with Gasteiger partial charge in [0, 0.05) is 19.5 Å². The number of amides is 1. The largest absolute Gasteiger partial charge is 0.494 e. The van der Waals surface area contributed by atoms with Crippen LogP contribution in [0.4, 0.5) is 0 Å². The Morgan fingerprint density at radius 1 is 1.18 bits per heavy atom. The van der Waals surface area contributed by atoms with E-state index in [1.165, 1.54) is 0 Å². The Kier molecular flexibility index (Phi) is 8.04. The Labute approximate surface area is 131 Å². The highest BCUT2D eigenvalue weighted by molar-refractivity contribution is 5.77. The molecule has 0 unspecified atom stereocenters. The van der Waals surface area contributed by atoms with E-state index in [9.17, 15) is 9.59 Å². The van der Waals surface area contributed by atoms with Crippen LogP contribution in [0.5, 0.6) is 5.75 Å². The second-order valence-corrected chi connectivity index (χ2v) is 5.64. The van der Waals surface area contributed by atoms with E-state index in [4.69, 9.17) is 9.84 Å². The third kappa shape index (κ3) is 7.67. The minimum Gasteiger partial charge on any atom is -0.494 e. The fraction of sp³-hybridized carbons (Fsp3) is 0.529. The van der Waals surface area contributed by atoms with Crippen LogP contribution in [0.3, 0.4) is 0 Å². The summed E-state index contributed by atoms with van der Waals surface area (Å²) >= 11 is 0. The molecule has 22 heavy (non-hydrogen) atoms. The van der Waals surface area contributed by atoms with Crippen LogP contribution in [-0.2, 0) is 9.59 Å². The van der Waals surface area contributed by atoms with Crippen LogP contribution in [0, 0.1) is 5.92 Å². The number of para-hydroxylation sites is 1. The van der Waals surface area contributed by atoms with Crippen LogP contribution in [0.25, 0.3) is 0 Å². The van der Waals surface area contributed by atoms with Crippen molar-refractivity contribution in [3.63, 3.8) is 0 Å². The number of hydrogen-bond donors (Lipinski definition) is 1. The van der Waals surface area contributed by atoms with Crippen molar-refractivity contribution in [1.82, 2.24) is 4.90 Å².